The van der Waals surface area contributed by atoms with Crippen LogP contribution in [0.4, 0.5) is 0 Å². The molecule has 22 heavy (non-hydrogen) atoms. The lowest BCUT2D eigenvalue weighted by Gasteiger charge is -2.20. The molecule has 3 rings (SSSR count). The lowest BCUT2D eigenvalue weighted by molar-refractivity contribution is 0.0947. The molecular formula is C19H16O3. The summed E-state index contributed by atoms with van der Waals surface area (Å²) in [7, 11) is 0. The van der Waals surface area contributed by atoms with Crippen LogP contribution in [0.25, 0.3) is 0 Å². The Labute approximate surface area is 128 Å². The van der Waals surface area contributed by atoms with E-state index in [4.69, 9.17) is 0 Å². The third kappa shape index (κ3) is 2.40. The summed E-state index contributed by atoms with van der Waals surface area (Å²) in [4.78, 5) is 24.7. The summed E-state index contributed by atoms with van der Waals surface area (Å²) in [5.74, 6) is -0.532. The average Bonchev–Trinajstić information content (AvgIpc) is 2.49. The van der Waals surface area contributed by atoms with Crippen molar-refractivity contribution in [2.45, 2.75) is 20.0 Å². The molecule has 0 radical (unpaired) electrons. The summed E-state index contributed by atoms with van der Waals surface area (Å²) in [6.07, 6.45) is 0.163. The highest BCUT2D eigenvalue weighted by Gasteiger charge is 2.30. The van der Waals surface area contributed by atoms with Crippen LogP contribution in [0.2, 0.25) is 0 Å². The molecular weight excluding hydrogens is 276 g/mol. The van der Waals surface area contributed by atoms with Crippen LogP contribution in [0.1, 0.15) is 43.5 Å². The molecule has 110 valence electrons. The van der Waals surface area contributed by atoms with Crippen molar-refractivity contribution in [1.29, 1.82) is 0 Å². The van der Waals surface area contributed by atoms with E-state index in [9.17, 15) is 14.7 Å². The summed E-state index contributed by atoms with van der Waals surface area (Å²) in [6.45, 7) is 3.86. The fraction of sp³-hybridized carbons (Fsp3) is 0.158. The first kappa shape index (κ1) is 14.4. The predicted octanol–water partition coefficient (Wildman–Crippen LogP) is 3.34. The fourth-order valence-electron chi connectivity index (χ4n) is 2.89. The number of aryl methyl sites for hydroxylation is 2. The van der Waals surface area contributed by atoms with Crippen LogP contribution >= 0.6 is 0 Å². The third-order valence-electron chi connectivity index (χ3n) is 3.84. The highest BCUT2D eigenvalue weighted by Crippen LogP contribution is 2.30. The lowest BCUT2D eigenvalue weighted by atomic mass is 9.85. The van der Waals surface area contributed by atoms with Gasteiger partial charge in [-0.1, -0.05) is 53.6 Å². The maximum Gasteiger partial charge on any atom is 0.192 e. The topological polar surface area (TPSA) is 54.4 Å². The molecule has 1 atom stereocenters. The van der Waals surface area contributed by atoms with E-state index in [0.717, 1.165) is 11.1 Å². The maximum atomic E-state index is 12.6. The molecule has 1 aliphatic carbocycles. The van der Waals surface area contributed by atoms with Gasteiger partial charge in [-0.2, -0.15) is 0 Å². The molecule has 2 aromatic carbocycles. The number of allylic oxidation sites excluding steroid dienone is 1. The van der Waals surface area contributed by atoms with Gasteiger partial charge in [0, 0.05) is 16.7 Å². The van der Waals surface area contributed by atoms with Gasteiger partial charge in [-0.25, -0.2) is 0 Å². The molecule has 3 heteroatoms. The van der Waals surface area contributed by atoms with E-state index in [0.29, 0.717) is 16.7 Å². The number of hydrogen-bond donors (Lipinski definition) is 1. The van der Waals surface area contributed by atoms with E-state index >= 15 is 0 Å². The number of aliphatic hydroxyl groups excluding tert-OH is 1. The molecule has 1 aliphatic rings. The summed E-state index contributed by atoms with van der Waals surface area (Å²) in [6, 6.07) is 12.4. The van der Waals surface area contributed by atoms with Gasteiger partial charge in [0.15, 0.2) is 11.6 Å². The first-order valence-corrected chi connectivity index (χ1v) is 7.13. The van der Waals surface area contributed by atoms with Gasteiger partial charge in [0.05, 0.1) is 0 Å². The average molecular weight is 292 g/mol. The van der Waals surface area contributed by atoms with Gasteiger partial charge in [-0.15, -0.1) is 0 Å². The maximum absolute atomic E-state index is 12.6. The van der Waals surface area contributed by atoms with Crippen LogP contribution in [0.3, 0.4) is 0 Å². The van der Waals surface area contributed by atoms with Crippen molar-refractivity contribution in [3.8, 4) is 0 Å². The Hall–Kier alpha value is -2.52. The zero-order valence-electron chi connectivity index (χ0n) is 12.5. The SMILES string of the molecule is Cc1cc(C)cc(C(O)C2=CC(=O)c3ccccc3C2=O)c1. The number of aliphatic hydroxyl groups is 1. The summed E-state index contributed by atoms with van der Waals surface area (Å²) >= 11 is 0. The predicted molar refractivity (Wildman–Crippen MR) is 84.1 cm³/mol. The molecule has 0 spiro atoms. The molecule has 0 saturated carbocycles. The minimum absolute atomic E-state index is 0.133. The Bertz CT molecular complexity index is 795. The van der Waals surface area contributed by atoms with Crippen LogP contribution in [-0.2, 0) is 0 Å². The minimum atomic E-state index is -1.09. The molecule has 0 heterocycles. The number of fused-ring (bicyclic) bond motifs is 1. The Morgan fingerprint density at radius 2 is 1.50 bits per heavy atom. The summed E-state index contributed by atoms with van der Waals surface area (Å²) < 4.78 is 0. The quantitative estimate of drug-likeness (QED) is 0.923. The molecule has 0 aromatic heterocycles. The van der Waals surface area contributed by atoms with E-state index in [2.05, 4.69) is 0 Å². The van der Waals surface area contributed by atoms with Gasteiger partial charge in [0.1, 0.15) is 6.10 Å². The van der Waals surface area contributed by atoms with E-state index in [1.807, 2.05) is 32.0 Å². The molecule has 0 aliphatic heterocycles. The molecule has 0 saturated heterocycles. The van der Waals surface area contributed by atoms with Crippen molar-refractivity contribution in [2.24, 2.45) is 0 Å². The lowest BCUT2D eigenvalue weighted by Crippen LogP contribution is -2.21. The smallest absolute Gasteiger partial charge is 0.192 e. The van der Waals surface area contributed by atoms with E-state index in [1.54, 1.807) is 24.3 Å². The number of ketones is 2. The number of carbonyl (C=O) groups excluding carboxylic acids is 2. The van der Waals surface area contributed by atoms with Crippen molar-refractivity contribution in [3.05, 3.63) is 81.9 Å². The molecule has 1 N–H and O–H groups in total. The number of carbonyl (C=O) groups is 2. The van der Waals surface area contributed by atoms with Gasteiger partial charge >= 0.3 is 0 Å². The van der Waals surface area contributed by atoms with Crippen molar-refractivity contribution < 1.29 is 14.7 Å². The van der Waals surface area contributed by atoms with Gasteiger partial charge in [0.2, 0.25) is 0 Å². The molecule has 2 aromatic rings. The summed E-state index contributed by atoms with van der Waals surface area (Å²) in [5.41, 5.74) is 3.52. The Morgan fingerprint density at radius 3 is 2.14 bits per heavy atom. The molecule has 0 fully saturated rings. The second-order valence-corrected chi connectivity index (χ2v) is 5.66. The molecule has 0 bridgehead atoms. The second-order valence-electron chi connectivity index (χ2n) is 5.66. The minimum Gasteiger partial charge on any atom is -0.384 e. The fourth-order valence-corrected chi connectivity index (χ4v) is 2.89. The van der Waals surface area contributed by atoms with Crippen molar-refractivity contribution in [1.82, 2.24) is 0 Å². The van der Waals surface area contributed by atoms with Gasteiger partial charge < -0.3 is 5.11 Å². The molecule has 3 nitrogen and oxygen atoms in total. The van der Waals surface area contributed by atoms with E-state index < -0.39 is 6.10 Å². The molecule has 0 amide bonds. The van der Waals surface area contributed by atoms with Gasteiger partial charge in [-0.05, 0) is 25.5 Å². The number of Topliss-reactive ketones (excluding diaryl/α,β-unsaturated/α-hetero) is 1. The number of rotatable bonds is 2. The van der Waals surface area contributed by atoms with Crippen molar-refractivity contribution in [2.75, 3.05) is 0 Å². The Kier molecular flexibility index (Phi) is 3.51. The van der Waals surface area contributed by atoms with Gasteiger partial charge in [-0.3, -0.25) is 9.59 Å². The van der Waals surface area contributed by atoms with E-state index in [1.165, 1.54) is 6.08 Å². The largest absolute Gasteiger partial charge is 0.384 e. The highest BCUT2D eigenvalue weighted by atomic mass is 16.3. The van der Waals surface area contributed by atoms with Crippen LogP contribution in [0, 0.1) is 13.8 Å². The first-order valence-electron chi connectivity index (χ1n) is 7.13. The highest BCUT2D eigenvalue weighted by molar-refractivity contribution is 6.24. The Balaban J connectivity index is 2.05. The van der Waals surface area contributed by atoms with Crippen molar-refractivity contribution in [3.63, 3.8) is 0 Å². The molecule has 1 unspecified atom stereocenters. The normalized spacial score (nSPS) is 15.3. The third-order valence-corrected chi connectivity index (χ3v) is 3.84. The number of hydrogen-bond acceptors (Lipinski definition) is 3. The standard InChI is InChI=1S/C19H16O3/c1-11-7-12(2)9-13(8-11)18(21)16-10-17(20)14-5-3-4-6-15(14)19(16)22/h3-10,18,21H,1-2H3. The van der Waals surface area contributed by atoms with Crippen molar-refractivity contribution >= 4 is 11.6 Å². The van der Waals surface area contributed by atoms with Crippen LogP contribution in [0.5, 0.6) is 0 Å². The second kappa shape index (κ2) is 5.35. The van der Waals surface area contributed by atoms with Crippen LogP contribution in [0.15, 0.2) is 54.1 Å². The Morgan fingerprint density at radius 1 is 0.909 bits per heavy atom. The first-order chi connectivity index (χ1) is 10.5. The monoisotopic (exact) mass is 292 g/mol. The van der Waals surface area contributed by atoms with Crippen LogP contribution < -0.4 is 0 Å². The summed E-state index contributed by atoms with van der Waals surface area (Å²) in [5, 5.41) is 10.6. The van der Waals surface area contributed by atoms with Crippen LogP contribution in [-0.4, -0.2) is 16.7 Å². The zero-order chi connectivity index (χ0) is 15.9. The zero-order valence-corrected chi connectivity index (χ0v) is 12.5. The van der Waals surface area contributed by atoms with E-state index in [-0.39, 0.29) is 17.1 Å². The van der Waals surface area contributed by atoms with Gasteiger partial charge in [0.25, 0.3) is 0 Å². The number of benzene rings is 2.